The minimum atomic E-state index is 0.610. The van der Waals surface area contributed by atoms with Crippen molar-refractivity contribution >= 4 is 0 Å². The maximum absolute atomic E-state index is 2.61. The minimum Gasteiger partial charge on any atom is -0.309 e. The molecule has 6 nitrogen and oxygen atoms in total. The molecule has 0 radical (unpaired) electrons. The van der Waals surface area contributed by atoms with Crippen molar-refractivity contribution in [1.29, 1.82) is 0 Å². The number of hydrogen-bond acceptors (Lipinski definition) is 6. The fourth-order valence-corrected chi connectivity index (χ4v) is 4.12. The third-order valence-corrected chi connectivity index (χ3v) is 6.40. The summed E-state index contributed by atoms with van der Waals surface area (Å²) in [7, 11) is 6.49. The van der Waals surface area contributed by atoms with E-state index in [1.807, 2.05) is 0 Å². The van der Waals surface area contributed by atoms with Crippen molar-refractivity contribution in [3.8, 4) is 0 Å². The van der Waals surface area contributed by atoms with Gasteiger partial charge in [-0.1, -0.05) is 20.8 Å². The predicted octanol–water partition coefficient (Wildman–Crippen LogP) is 1.50. The number of rotatable bonds is 9. The van der Waals surface area contributed by atoms with Gasteiger partial charge in [-0.05, 0) is 67.2 Å². The van der Waals surface area contributed by atoms with Crippen LogP contribution in [0, 0.1) is 0 Å². The molecule has 0 amide bonds. The molecule has 0 aromatic rings. The van der Waals surface area contributed by atoms with Crippen LogP contribution in [0.2, 0.25) is 0 Å². The molecule has 2 saturated heterocycles. The summed E-state index contributed by atoms with van der Waals surface area (Å²) in [4.78, 5) is 14.9. The summed E-state index contributed by atoms with van der Waals surface area (Å²) in [6.07, 6.45) is 1.91. The molecule has 2 aliphatic rings. The van der Waals surface area contributed by atoms with Crippen molar-refractivity contribution in [3.63, 3.8) is 0 Å². The van der Waals surface area contributed by atoms with Crippen LogP contribution in [0.5, 0.6) is 0 Å². The molecule has 28 heavy (non-hydrogen) atoms. The van der Waals surface area contributed by atoms with Crippen LogP contribution in [0.25, 0.3) is 0 Å². The maximum atomic E-state index is 2.61. The fraction of sp³-hybridized carbons (Fsp3) is 1.00. The first-order chi connectivity index (χ1) is 13.4. The van der Waals surface area contributed by atoms with E-state index in [2.05, 4.69) is 78.2 Å². The fourth-order valence-electron chi connectivity index (χ4n) is 4.12. The van der Waals surface area contributed by atoms with Crippen molar-refractivity contribution < 1.29 is 0 Å². The van der Waals surface area contributed by atoms with E-state index < -0.39 is 0 Å². The Bertz CT molecular complexity index is 358. The minimum absolute atomic E-state index is 0.610. The van der Waals surface area contributed by atoms with Crippen molar-refractivity contribution in [2.24, 2.45) is 0 Å². The smallest absolute Gasteiger partial charge is 0.0594 e. The molecule has 1 unspecified atom stereocenters. The highest BCUT2D eigenvalue weighted by atomic mass is 15.4. The quantitative estimate of drug-likeness (QED) is 0.582. The van der Waals surface area contributed by atoms with Gasteiger partial charge in [-0.15, -0.1) is 0 Å². The molecule has 0 aromatic carbocycles. The third kappa shape index (κ3) is 9.99. The van der Waals surface area contributed by atoms with Gasteiger partial charge < -0.3 is 19.6 Å². The molecule has 2 rings (SSSR count). The van der Waals surface area contributed by atoms with Gasteiger partial charge in [-0.2, -0.15) is 0 Å². The molecule has 0 spiro atoms. The molecular weight excluding hydrogens is 348 g/mol. The van der Waals surface area contributed by atoms with Gasteiger partial charge in [-0.25, -0.2) is 0 Å². The van der Waals surface area contributed by atoms with E-state index in [-0.39, 0.29) is 0 Å². The third-order valence-electron chi connectivity index (χ3n) is 6.40. The zero-order valence-electron chi connectivity index (χ0n) is 20.2. The molecule has 2 aliphatic heterocycles. The molecule has 2 heterocycles. The summed E-state index contributed by atoms with van der Waals surface area (Å²) in [5.41, 5.74) is 0. The Hall–Kier alpha value is -0.240. The van der Waals surface area contributed by atoms with Crippen LogP contribution >= 0.6 is 0 Å². The Morgan fingerprint density at radius 3 is 1.79 bits per heavy atom. The maximum Gasteiger partial charge on any atom is 0.0594 e. The normalized spacial score (nSPS) is 21.8. The molecule has 2 fully saturated rings. The van der Waals surface area contributed by atoms with Crippen LogP contribution in [0.4, 0.5) is 0 Å². The lowest BCUT2D eigenvalue weighted by atomic mass is 10.2. The van der Waals surface area contributed by atoms with Crippen molar-refractivity contribution in [2.45, 2.75) is 40.3 Å². The lowest BCUT2D eigenvalue weighted by molar-refractivity contribution is 0.0237. The first-order valence-corrected chi connectivity index (χ1v) is 11.7. The van der Waals surface area contributed by atoms with Crippen LogP contribution in [0.3, 0.4) is 0 Å². The monoisotopic (exact) mass is 398 g/mol. The molecule has 0 aliphatic carbocycles. The molecule has 0 aromatic heterocycles. The van der Waals surface area contributed by atoms with Gasteiger partial charge in [0.15, 0.2) is 0 Å². The lowest BCUT2D eigenvalue weighted by Gasteiger charge is -2.41. The van der Waals surface area contributed by atoms with Gasteiger partial charge in [0.25, 0.3) is 0 Å². The van der Waals surface area contributed by atoms with E-state index in [9.17, 15) is 0 Å². The Balaban J connectivity index is 0.000000283. The van der Waals surface area contributed by atoms with Gasteiger partial charge >= 0.3 is 0 Å². The Labute approximate surface area is 176 Å². The summed E-state index contributed by atoms with van der Waals surface area (Å²) in [5, 5.41) is 0. The zero-order chi connectivity index (χ0) is 20.9. The number of likely N-dealkylation sites (N-methyl/N-ethyl adjacent to an activating group) is 2. The number of hydrogen-bond donors (Lipinski definition) is 0. The van der Waals surface area contributed by atoms with Crippen LogP contribution in [-0.2, 0) is 0 Å². The molecule has 1 atom stereocenters. The Morgan fingerprint density at radius 2 is 1.32 bits per heavy atom. The summed E-state index contributed by atoms with van der Waals surface area (Å²) >= 11 is 0. The zero-order valence-corrected chi connectivity index (χ0v) is 20.2. The second kappa shape index (κ2) is 14.7. The number of nitrogens with zero attached hydrogens (tertiary/aromatic N) is 6. The van der Waals surface area contributed by atoms with Gasteiger partial charge in [0.1, 0.15) is 0 Å². The predicted molar refractivity (Wildman–Crippen MR) is 123 cm³/mol. The highest BCUT2D eigenvalue weighted by Gasteiger charge is 2.22. The molecule has 6 heteroatoms. The second-order valence-electron chi connectivity index (χ2n) is 8.63. The molecular formula is C22H50N6. The molecule has 0 saturated carbocycles. The summed E-state index contributed by atoms with van der Waals surface area (Å²) in [5.74, 6) is 0. The van der Waals surface area contributed by atoms with Gasteiger partial charge in [0, 0.05) is 52.4 Å². The topological polar surface area (TPSA) is 19.4 Å². The highest BCUT2D eigenvalue weighted by Crippen LogP contribution is 2.09. The molecule has 0 bridgehead atoms. The van der Waals surface area contributed by atoms with E-state index in [1.165, 1.54) is 78.4 Å². The van der Waals surface area contributed by atoms with Gasteiger partial charge in [0.05, 0.1) is 6.17 Å². The Kier molecular flexibility index (Phi) is 13.5. The SMILES string of the molecule is CCN1CCN(C(C)N(CC)CC)CC1.CN(C)CCCN1CCN(C)CC1. The second-order valence-corrected chi connectivity index (χ2v) is 8.63. The van der Waals surface area contributed by atoms with Crippen molar-refractivity contribution in [1.82, 2.24) is 29.4 Å². The van der Waals surface area contributed by atoms with Crippen molar-refractivity contribution in [3.05, 3.63) is 0 Å². The Morgan fingerprint density at radius 1 is 0.786 bits per heavy atom. The summed E-state index contributed by atoms with van der Waals surface area (Å²) in [6.45, 7) is 25.0. The van der Waals surface area contributed by atoms with E-state index in [0.717, 1.165) is 13.1 Å². The first kappa shape index (κ1) is 25.8. The van der Waals surface area contributed by atoms with Gasteiger partial charge in [-0.3, -0.25) is 9.80 Å². The van der Waals surface area contributed by atoms with E-state index in [0.29, 0.717) is 6.17 Å². The van der Waals surface area contributed by atoms with Crippen LogP contribution in [0.1, 0.15) is 34.1 Å². The average Bonchev–Trinajstić information content (AvgIpc) is 2.70. The molecule has 0 N–H and O–H groups in total. The summed E-state index contributed by atoms with van der Waals surface area (Å²) < 4.78 is 0. The van der Waals surface area contributed by atoms with Crippen LogP contribution in [0.15, 0.2) is 0 Å². The summed E-state index contributed by atoms with van der Waals surface area (Å²) in [6, 6.07) is 0. The van der Waals surface area contributed by atoms with Crippen molar-refractivity contribution in [2.75, 3.05) is 106 Å². The van der Waals surface area contributed by atoms with E-state index >= 15 is 0 Å². The van der Waals surface area contributed by atoms with Gasteiger partial charge in [0.2, 0.25) is 0 Å². The molecule has 168 valence electrons. The lowest BCUT2D eigenvalue weighted by Crippen LogP contribution is -2.54. The van der Waals surface area contributed by atoms with E-state index in [1.54, 1.807) is 0 Å². The number of piperazine rings is 2. The largest absolute Gasteiger partial charge is 0.309 e. The highest BCUT2D eigenvalue weighted by molar-refractivity contribution is 4.75. The standard InChI is InChI=1S/C12H27N3.C10H23N3/c1-5-13-8-10-15(11-9-13)12(4)14(6-2)7-3;1-11(2)5-4-6-13-9-7-12(3)8-10-13/h12H,5-11H2,1-4H3;4-10H2,1-3H3. The first-order valence-electron chi connectivity index (χ1n) is 11.7. The van der Waals surface area contributed by atoms with Crippen LogP contribution < -0.4 is 0 Å². The average molecular weight is 399 g/mol. The van der Waals surface area contributed by atoms with E-state index in [4.69, 9.17) is 0 Å². The van der Waals surface area contributed by atoms with Crippen LogP contribution in [-0.4, -0.2) is 142 Å².